The molecule has 0 unspecified atom stereocenters. The lowest BCUT2D eigenvalue weighted by Crippen LogP contribution is -1.98. The fraction of sp³-hybridized carbons (Fsp3) is 0.250. The van der Waals surface area contributed by atoms with E-state index in [1.807, 2.05) is 24.3 Å². The highest BCUT2D eigenvalue weighted by Gasteiger charge is 2.01. The molecule has 2 aromatic carbocycles. The normalized spacial score (nSPS) is 10.4. The molecule has 0 radical (unpaired) electrons. The van der Waals surface area contributed by atoms with Gasteiger partial charge in [-0.3, -0.25) is 0 Å². The maximum atomic E-state index is 13.4. The summed E-state index contributed by atoms with van der Waals surface area (Å²) in [4.78, 5) is 0. The van der Waals surface area contributed by atoms with Crippen molar-refractivity contribution in [3.05, 3.63) is 65.5 Å². The Kier molecular flexibility index (Phi) is 4.93. The maximum Gasteiger partial charge on any atom is 0.129 e. The van der Waals surface area contributed by atoms with Crippen molar-refractivity contribution in [1.29, 1.82) is 0 Å². The van der Waals surface area contributed by atoms with Crippen LogP contribution in [0, 0.1) is 5.82 Å². The fourth-order valence-electron chi connectivity index (χ4n) is 1.81. The first-order chi connectivity index (χ1) is 9.29. The second-order valence-corrected chi connectivity index (χ2v) is 4.35. The minimum Gasteiger partial charge on any atom is -0.489 e. The summed E-state index contributed by atoms with van der Waals surface area (Å²) in [5, 5.41) is 8.76. The van der Waals surface area contributed by atoms with Gasteiger partial charge in [-0.15, -0.1) is 0 Å². The minimum atomic E-state index is -0.248. The van der Waals surface area contributed by atoms with Gasteiger partial charge in [-0.05, 0) is 36.6 Å². The standard InChI is InChI=1S/C16H17FO2/c17-16-6-2-1-5-14(16)12-19-15-9-7-13(8-10-15)4-3-11-18/h1-2,5-10,18H,3-4,11-12H2. The van der Waals surface area contributed by atoms with Gasteiger partial charge in [0.2, 0.25) is 0 Å². The zero-order valence-electron chi connectivity index (χ0n) is 10.7. The molecule has 2 nitrogen and oxygen atoms in total. The molecular formula is C16H17FO2. The van der Waals surface area contributed by atoms with E-state index in [-0.39, 0.29) is 19.0 Å². The molecule has 19 heavy (non-hydrogen) atoms. The van der Waals surface area contributed by atoms with E-state index < -0.39 is 0 Å². The van der Waals surface area contributed by atoms with Gasteiger partial charge < -0.3 is 9.84 Å². The lowest BCUT2D eigenvalue weighted by molar-refractivity contribution is 0.288. The molecule has 2 rings (SSSR count). The van der Waals surface area contributed by atoms with E-state index in [0.717, 1.165) is 24.2 Å². The second-order valence-electron chi connectivity index (χ2n) is 4.35. The van der Waals surface area contributed by atoms with Gasteiger partial charge in [0.15, 0.2) is 0 Å². The quantitative estimate of drug-likeness (QED) is 0.863. The van der Waals surface area contributed by atoms with Gasteiger partial charge in [-0.2, -0.15) is 0 Å². The van der Waals surface area contributed by atoms with E-state index in [0.29, 0.717) is 5.56 Å². The molecule has 0 fully saturated rings. The number of hydrogen-bond donors (Lipinski definition) is 1. The first kappa shape index (κ1) is 13.6. The van der Waals surface area contributed by atoms with Crippen LogP contribution >= 0.6 is 0 Å². The first-order valence-corrected chi connectivity index (χ1v) is 6.35. The smallest absolute Gasteiger partial charge is 0.129 e. The van der Waals surface area contributed by atoms with E-state index in [4.69, 9.17) is 9.84 Å². The Balaban J connectivity index is 1.91. The Morgan fingerprint density at radius 1 is 1.00 bits per heavy atom. The fourth-order valence-corrected chi connectivity index (χ4v) is 1.81. The van der Waals surface area contributed by atoms with Crippen molar-refractivity contribution in [2.45, 2.75) is 19.4 Å². The van der Waals surface area contributed by atoms with Crippen LogP contribution in [0.5, 0.6) is 5.75 Å². The third kappa shape index (κ3) is 4.07. The SMILES string of the molecule is OCCCc1ccc(OCc2ccccc2F)cc1. The Morgan fingerprint density at radius 2 is 1.74 bits per heavy atom. The van der Waals surface area contributed by atoms with Crippen LogP contribution in [0.15, 0.2) is 48.5 Å². The van der Waals surface area contributed by atoms with Gasteiger partial charge >= 0.3 is 0 Å². The predicted molar refractivity (Wildman–Crippen MR) is 72.6 cm³/mol. The average molecular weight is 260 g/mol. The molecule has 0 saturated heterocycles. The van der Waals surface area contributed by atoms with Crippen LogP contribution in [0.1, 0.15) is 17.5 Å². The number of hydrogen-bond acceptors (Lipinski definition) is 2. The highest BCUT2D eigenvalue weighted by Crippen LogP contribution is 2.16. The Labute approximate surface area is 112 Å². The first-order valence-electron chi connectivity index (χ1n) is 6.35. The van der Waals surface area contributed by atoms with E-state index in [2.05, 4.69) is 0 Å². The maximum absolute atomic E-state index is 13.4. The van der Waals surface area contributed by atoms with Gasteiger partial charge in [0.05, 0.1) is 0 Å². The largest absolute Gasteiger partial charge is 0.489 e. The van der Waals surface area contributed by atoms with E-state index in [1.165, 1.54) is 6.07 Å². The van der Waals surface area contributed by atoms with Gasteiger partial charge in [0, 0.05) is 12.2 Å². The highest BCUT2D eigenvalue weighted by atomic mass is 19.1. The van der Waals surface area contributed by atoms with Crippen LogP contribution < -0.4 is 4.74 Å². The second kappa shape index (κ2) is 6.90. The summed E-state index contributed by atoms with van der Waals surface area (Å²) in [6.07, 6.45) is 1.61. The summed E-state index contributed by atoms with van der Waals surface area (Å²) in [6, 6.07) is 14.3. The molecule has 3 heteroatoms. The molecule has 0 bridgehead atoms. The predicted octanol–water partition coefficient (Wildman–Crippen LogP) is 3.33. The van der Waals surface area contributed by atoms with E-state index in [9.17, 15) is 4.39 Å². The van der Waals surface area contributed by atoms with Crippen LogP contribution in [0.4, 0.5) is 4.39 Å². The lowest BCUT2D eigenvalue weighted by Gasteiger charge is -2.08. The summed E-state index contributed by atoms with van der Waals surface area (Å²) in [6.45, 7) is 0.425. The van der Waals surface area contributed by atoms with Crippen molar-refractivity contribution in [2.75, 3.05) is 6.61 Å². The topological polar surface area (TPSA) is 29.5 Å². The molecule has 1 N–H and O–H groups in total. The van der Waals surface area contributed by atoms with Crippen molar-refractivity contribution in [3.63, 3.8) is 0 Å². The number of benzene rings is 2. The number of ether oxygens (including phenoxy) is 1. The Bertz CT molecular complexity index is 508. The van der Waals surface area contributed by atoms with Crippen molar-refractivity contribution in [1.82, 2.24) is 0 Å². The van der Waals surface area contributed by atoms with Gasteiger partial charge in [-0.25, -0.2) is 4.39 Å². The summed E-state index contributed by atoms with van der Waals surface area (Å²) in [7, 11) is 0. The zero-order valence-corrected chi connectivity index (χ0v) is 10.7. The Hall–Kier alpha value is -1.87. The molecule has 100 valence electrons. The van der Waals surface area contributed by atoms with Gasteiger partial charge in [0.25, 0.3) is 0 Å². The van der Waals surface area contributed by atoms with E-state index in [1.54, 1.807) is 18.2 Å². The molecular weight excluding hydrogens is 243 g/mol. The van der Waals surface area contributed by atoms with Crippen molar-refractivity contribution >= 4 is 0 Å². The number of halogens is 1. The number of rotatable bonds is 6. The molecule has 0 heterocycles. The zero-order chi connectivity index (χ0) is 13.5. The molecule has 0 amide bonds. The minimum absolute atomic E-state index is 0.200. The Morgan fingerprint density at radius 3 is 2.42 bits per heavy atom. The third-order valence-corrected chi connectivity index (χ3v) is 2.90. The van der Waals surface area contributed by atoms with E-state index >= 15 is 0 Å². The van der Waals surface area contributed by atoms with Crippen molar-refractivity contribution in [2.24, 2.45) is 0 Å². The molecule has 0 aliphatic heterocycles. The number of aliphatic hydroxyl groups is 1. The monoisotopic (exact) mass is 260 g/mol. The molecule has 0 saturated carbocycles. The average Bonchev–Trinajstić information content (AvgIpc) is 2.45. The summed E-state index contributed by atoms with van der Waals surface area (Å²) >= 11 is 0. The highest BCUT2D eigenvalue weighted by molar-refractivity contribution is 5.28. The molecule has 0 aromatic heterocycles. The van der Waals surface area contributed by atoms with Crippen molar-refractivity contribution in [3.8, 4) is 5.75 Å². The third-order valence-electron chi connectivity index (χ3n) is 2.90. The lowest BCUT2D eigenvalue weighted by atomic mass is 10.1. The number of aryl methyl sites for hydroxylation is 1. The summed E-state index contributed by atoms with van der Waals surface area (Å²) in [5.74, 6) is 0.470. The summed E-state index contributed by atoms with van der Waals surface area (Å²) < 4.78 is 18.9. The molecule has 0 spiro atoms. The van der Waals surface area contributed by atoms with Crippen LogP contribution in [-0.4, -0.2) is 11.7 Å². The van der Waals surface area contributed by atoms with Crippen LogP contribution in [-0.2, 0) is 13.0 Å². The molecule has 2 aromatic rings. The van der Waals surface area contributed by atoms with Crippen LogP contribution in [0.25, 0.3) is 0 Å². The summed E-state index contributed by atoms with van der Waals surface area (Å²) in [5.41, 5.74) is 1.71. The van der Waals surface area contributed by atoms with Gasteiger partial charge in [-0.1, -0.05) is 30.3 Å². The van der Waals surface area contributed by atoms with Crippen LogP contribution in [0.3, 0.4) is 0 Å². The molecule has 0 aliphatic rings. The van der Waals surface area contributed by atoms with Gasteiger partial charge in [0.1, 0.15) is 18.2 Å². The van der Waals surface area contributed by atoms with Crippen LogP contribution in [0.2, 0.25) is 0 Å². The molecule has 0 aliphatic carbocycles. The van der Waals surface area contributed by atoms with Crippen molar-refractivity contribution < 1.29 is 14.2 Å². The molecule has 0 atom stereocenters. The number of aliphatic hydroxyl groups excluding tert-OH is 1.